The van der Waals surface area contributed by atoms with E-state index in [4.69, 9.17) is 0 Å². The van der Waals surface area contributed by atoms with E-state index in [-0.39, 0.29) is 11.8 Å². The summed E-state index contributed by atoms with van der Waals surface area (Å²) in [6.07, 6.45) is 0. The van der Waals surface area contributed by atoms with E-state index in [9.17, 15) is 9.59 Å². The molecule has 4 heteroatoms. The molecule has 0 aliphatic carbocycles. The van der Waals surface area contributed by atoms with Gasteiger partial charge in [-0.25, -0.2) is 14.9 Å². The lowest BCUT2D eigenvalue weighted by atomic mass is 10.1. The Morgan fingerprint density at radius 2 is 1.75 bits per heavy atom. The second-order valence-corrected chi connectivity index (χ2v) is 3.48. The average Bonchev–Trinajstić information content (AvgIpc) is 2.28. The minimum absolute atomic E-state index is 0.192. The van der Waals surface area contributed by atoms with E-state index >= 15 is 0 Å². The van der Waals surface area contributed by atoms with Gasteiger partial charge < -0.3 is 0 Å². The van der Waals surface area contributed by atoms with Gasteiger partial charge >= 0.3 is 11.8 Å². The van der Waals surface area contributed by atoms with Crippen molar-refractivity contribution in [2.75, 3.05) is 0 Å². The molecule has 1 aromatic rings. The van der Waals surface area contributed by atoms with Crippen LogP contribution in [0, 0.1) is 0 Å². The van der Waals surface area contributed by atoms with Crippen LogP contribution in [0.5, 0.6) is 0 Å². The molecular weight excluding hydrogens is 222 g/mol. The van der Waals surface area contributed by atoms with Crippen molar-refractivity contribution in [2.24, 2.45) is 0 Å². The number of benzene rings is 1. The molecule has 0 saturated carbocycles. The Balaban J connectivity index is 2.68. The van der Waals surface area contributed by atoms with Crippen molar-refractivity contribution in [1.29, 1.82) is 0 Å². The SMILES string of the molecule is O=C1[NH2+]C(=O)c2cc(Br)ccc21. The summed E-state index contributed by atoms with van der Waals surface area (Å²) >= 11 is 3.23. The fraction of sp³-hybridized carbons (Fsp3) is 0. The second kappa shape index (κ2) is 2.50. The maximum Gasteiger partial charge on any atom is 0.351 e. The van der Waals surface area contributed by atoms with Gasteiger partial charge in [-0.2, -0.15) is 0 Å². The van der Waals surface area contributed by atoms with Gasteiger partial charge in [0.15, 0.2) is 0 Å². The number of carbonyl (C=O) groups is 2. The number of nitrogens with two attached hydrogens (primary N) is 1. The van der Waals surface area contributed by atoms with Crippen LogP contribution in [0.4, 0.5) is 0 Å². The molecule has 0 radical (unpaired) electrons. The molecule has 1 aliphatic rings. The molecule has 0 atom stereocenters. The molecular formula is C8H5BrNO2+. The average molecular weight is 227 g/mol. The number of quaternary nitrogens is 1. The van der Waals surface area contributed by atoms with Crippen molar-refractivity contribution in [2.45, 2.75) is 0 Å². The quantitative estimate of drug-likeness (QED) is 0.648. The first kappa shape index (κ1) is 7.64. The van der Waals surface area contributed by atoms with Crippen LogP contribution in [0.3, 0.4) is 0 Å². The molecule has 2 rings (SSSR count). The number of rotatable bonds is 0. The van der Waals surface area contributed by atoms with Crippen LogP contribution in [0.15, 0.2) is 22.7 Å². The third kappa shape index (κ3) is 1.00. The zero-order chi connectivity index (χ0) is 8.72. The molecule has 1 aliphatic heterocycles. The predicted molar refractivity (Wildman–Crippen MR) is 44.7 cm³/mol. The summed E-state index contributed by atoms with van der Waals surface area (Å²) in [5, 5.41) is 1.12. The van der Waals surface area contributed by atoms with Gasteiger partial charge in [-0.05, 0) is 18.2 Å². The lowest BCUT2D eigenvalue weighted by Gasteiger charge is -1.90. The first-order chi connectivity index (χ1) is 5.68. The summed E-state index contributed by atoms with van der Waals surface area (Å²) in [6, 6.07) is 5.07. The molecule has 0 unspecified atom stereocenters. The van der Waals surface area contributed by atoms with Gasteiger partial charge in [0.2, 0.25) is 0 Å². The third-order valence-electron chi connectivity index (χ3n) is 1.77. The first-order valence-corrected chi connectivity index (χ1v) is 4.21. The van der Waals surface area contributed by atoms with Crippen LogP contribution in [0.2, 0.25) is 0 Å². The molecule has 0 aromatic heterocycles. The van der Waals surface area contributed by atoms with E-state index < -0.39 is 0 Å². The lowest BCUT2D eigenvalue weighted by molar-refractivity contribution is -0.445. The molecule has 12 heavy (non-hydrogen) atoms. The van der Waals surface area contributed by atoms with Crippen LogP contribution in [-0.2, 0) is 0 Å². The number of hydrogen-bond acceptors (Lipinski definition) is 2. The molecule has 0 saturated heterocycles. The minimum Gasteiger partial charge on any atom is -0.225 e. The summed E-state index contributed by atoms with van der Waals surface area (Å²) in [5.74, 6) is -0.390. The topological polar surface area (TPSA) is 50.8 Å². The molecule has 1 heterocycles. The van der Waals surface area contributed by atoms with Crippen molar-refractivity contribution >= 4 is 27.7 Å². The van der Waals surface area contributed by atoms with E-state index in [0.29, 0.717) is 11.1 Å². The van der Waals surface area contributed by atoms with Crippen LogP contribution in [0.25, 0.3) is 0 Å². The molecule has 0 spiro atoms. The highest BCUT2D eigenvalue weighted by molar-refractivity contribution is 9.10. The molecule has 0 bridgehead atoms. The Kier molecular flexibility index (Phi) is 1.59. The lowest BCUT2D eigenvalue weighted by Crippen LogP contribution is -2.88. The summed E-state index contributed by atoms with van der Waals surface area (Å²) in [4.78, 5) is 22.2. The van der Waals surface area contributed by atoms with Crippen LogP contribution < -0.4 is 5.32 Å². The molecule has 2 amide bonds. The van der Waals surface area contributed by atoms with Crippen molar-refractivity contribution in [3.8, 4) is 0 Å². The summed E-state index contributed by atoms with van der Waals surface area (Å²) in [5.41, 5.74) is 0.998. The van der Waals surface area contributed by atoms with E-state index in [0.717, 1.165) is 9.79 Å². The normalized spacial score (nSPS) is 15.1. The highest BCUT2D eigenvalue weighted by Crippen LogP contribution is 2.17. The Labute approximate surface area is 76.9 Å². The molecule has 2 N–H and O–H groups in total. The van der Waals surface area contributed by atoms with E-state index in [1.807, 2.05) is 0 Å². The van der Waals surface area contributed by atoms with Gasteiger partial charge in [0, 0.05) is 4.47 Å². The van der Waals surface area contributed by atoms with Gasteiger partial charge in [-0.15, -0.1) is 0 Å². The molecule has 3 nitrogen and oxygen atoms in total. The van der Waals surface area contributed by atoms with Gasteiger partial charge in [-0.3, -0.25) is 0 Å². The second-order valence-electron chi connectivity index (χ2n) is 2.56. The summed E-state index contributed by atoms with van der Waals surface area (Å²) in [7, 11) is 0. The predicted octanol–water partition coefficient (Wildman–Crippen LogP) is 0.306. The number of imide groups is 1. The molecule has 1 aromatic carbocycles. The van der Waals surface area contributed by atoms with E-state index in [2.05, 4.69) is 15.9 Å². The number of amides is 2. The smallest absolute Gasteiger partial charge is 0.225 e. The van der Waals surface area contributed by atoms with Gasteiger partial charge in [-0.1, -0.05) is 15.9 Å². The monoisotopic (exact) mass is 226 g/mol. The van der Waals surface area contributed by atoms with Gasteiger partial charge in [0.25, 0.3) is 0 Å². The zero-order valence-corrected chi connectivity index (χ0v) is 7.59. The van der Waals surface area contributed by atoms with Gasteiger partial charge in [0.05, 0.1) is 11.1 Å². The fourth-order valence-electron chi connectivity index (χ4n) is 1.21. The number of primary amides is 2. The number of fused-ring (bicyclic) bond motifs is 1. The largest absolute Gasteiger partial charge is 0.351 e. The fourth-order valence-corrected chi connectivity index (χ4v) is 1.57. The summed E-state index contributed by atoms with van der Waals surface area (Å²) in [6.45, 7) is 0. The maximum atomic E-state index is 11.1. The first-order valence-electron chi connectivity index (χ1n) is 3.41. The van der Waals surface area contributed by atoms with Crippen molar-refractivity contribution < 1.29 is 14.9 Å². The van der Waals surface area contributed by atoms with Crippen LogP contribution >= 0.6 is 15.9 Å². The van der Waals surface area contributed by atoms with Gasteiger partial charge in [0.1, 0.15) is 0 Å². The Hall–Kier alpha value is -1.000. The van der Waals surface area contributed by atoms with Crippen LogP contribution in [0.1, 0.15) is 20.7 Å². The summed E-state index contributed by atoms with van der Waals surface area (Å²) < 4.78 is 0.817. The maximum absolute atomic E-state index is 11.1. The zero-order valence-electron chi connectivity index (χ0n) is 6.00. The van der Waals surface area contributed by atoms with Crippen molar-refractivity contribution in [3.05, 3.63) is 33.8 Å². The third-order valence-corrected chi connectivity index (χ3v) is 2.27. The Morgan fingerprint density at radius 1 is 1.08 bits per heavy atom. The van der Waals surface area contributed by atoms with Crippen LogP contribution in [-0.4, -0.2) is 11.8 Å². The number of carbonyl (C=O) groups excluding carboxylic acids is 2. The standard InChI is InChI=1S/C8H4BrNO2/c9-4-1-2-5-6(3-4)8(12)10-7(5)11/h1-3H,(H,10,11,12)/p+1. The number of hydrogen-bond donors (Lipinski definition) is 1. The van der Waals surface area contributed by atoms with E-state index in [1.165, 1.54) is 0 Å². The highest BCUT2D eigenvalue weighted by Gasteiger charge is 2.32. The highest BCUT2D eigenvalue weighted by atomic mass is 79.9. The molecule has 0 fully saturated rings. The Morgan fingerprint density at radius 3 is 2.50 bits per heavy atom. The molecule has 60 valence electrons. The van der Waals surface area contributed by atoms with E-state index in [1.54, 1.807) is 18.2 Å². The number of halogens is 1. The Bertz CT molecular complexity index is 387. The van der Waals surface area contributed by atoms with Crippen molar-refractivity contribution in [1.82, 2.24) is 0 Å². The minimum atomic E-state index is -0.198. The van der Waals surface area contributed by atoms with Crippen molar-refractivity contribution in [3.63, 3.8) is 0 Å².